The molecule has 1 aromatic carbocycles. The van der Waals surface area contributed by atoms with Gasteiger partial charge in [0.15, 0.2) is 5.16 Å². The number of carbonyl (C=O) groups is 1. The van der Waals surface area contributed by atoms with E-state index in [-0.39, 0.29) is 17.8 Å². The first kappa shape index (κ1) is 17.3. The van der Waals surface area contributed by atoms with Gasteiger partial charge >= 0.3 is 0 Å². The number of rotatable bonds is 6. The molecule has 1 N–H and O–H groups in total. The van der Waals surface area contributed by atoms with Gasteiger partial charge in [-0.15, -0.1) is 10.2 Å². The Hall–Kier alpha value is -1.57. The van der Waals surface area contributed by atoms with Crippen molar-refractivity contribution in [1.82, 2.24) is 20.1 Å². The van der Waals surface area contributed by atoms with E-state index in [4.69, 9.17) is 16.3 Å². The lowest BCUT2D eigenvalue weighted by molar-refractivity contribution is -0.119. The molecular formula is C16H19ClN4O2S. The van der Waals surface area contributed by atoms with Gasteiger partial charge in [-0.05, 0) is 37.5 Å². The van der Waals surface area contributed by atoms with Crippen molar-refractivity contribution in [2.75, 3.05) is 18.9 Å². The molecule has 1 fully saturated rings. The zero-order chi connectivity index (χ0) is 16.9. The zero-order valence-electron chi connectivity index (χ0n) is 13.4. The van der Waals surface area contributed by atoms with E-state index in [1.165, 1.54) is 11.8 Å². The summed E-state index contributed by atoms with van der Waals surface area (Å²) in [5.74, 6) is 0.248. The second-order valence-electron chi connectivity index (χ2n) is 5.64. The second-order valence-corrected chi connectivity index (χ2v) is 6.99. The van der Waals surface area contributed by atoms with Crippen molar-refractivity contribution >= 4 is 29.3 Å². The molecule has 0 saturated carbocycles. The smallest absolute Gasteiger partial charge is 0.230 e. The standard InChI is InChI=1S/C16H19ClN4O2S/c1-11-4-5-12(7-14(11)17)21-10-19-20-16(21)24-9-15(22)18-8-13-3-2-6-23-13/h4-5,7,10,13H,2-3,6,8-9H2,1H3,(H,18,22). The summed E-state index contributed by atoms with van der Waals surface area (Å²) < 4.78 is 7.31. The fourth-order valence-electron chi connectivity index (χ4n) is 2.45. The monoisotopic (exact) mass is 366 g/mol. The van der Waals surface area contributed by atoms with Gasteiger partial charge in [-0.2, -0.15) is 0 Å². The number of nitrogens with one attached hydrogen (secondary N) is 1. The normalized spacial score (nSPS) is 17.2. The number of aryl methyl sites for hydroxylation is 1. The van der Waals surface area contributed by atoms with E-state index < -0.39 is 0 Å². The van der Waals surface area contributed by atoms with Gasteiger partial charge < -0.3 is 10.1 Å². The Morgan fingerprint density at radius 1 is 1.54 bits per heavy atom. The highest BCUT2D eigenvalue weighted by molar-refractivity contribution is 7.99. The van der Waals surface area contributed by atoms with Crippen molar-refractivity contribution < 1.29 is 9.53 Å². The van der Waals surface area contributed by atoms with E-state index in [1.807, 2.05) is 29.7 Å². The number of amides is 1. The molecule has 2 heterocycles. The van der Waals surface area contributed by atoms with Crippen LogP contribution in [0.1, 0.15) is 18.4 Å². The van der Waals surface area contributed by atoms with Crippen LogP contribution < -0.4 is 5.32 Å². The van der Waals surface area contributed by atoms with E-state index in [1.54, 1.807) is 6.33 Å². The molecule has 128 valence electrons. The predicted octanol–water partition coefficient (Wildman–Crippen LogP) is 2.62. The molecule has 0 spiro atoms. The van der Waals surface area contributed by atoms with Gasteiger partial charge in [0.25, 0.3) is 0 Å². The van der Waals surface area contributed by atoms with Crippen LogP contribution >= 0.6 is 23.4 Å². The summed E-state index contributed by atoms with van der Waals surface area (Å²) in [5, 5.41) is 12.3. The van der Waals surface area contributed by atoms with Crippen molar-refractivity contribution in [3.63, 3.8) is 0 Å². The third-order valence-electron chi connectivity index (χ3n) is 3.83. The number of benzene rings is 1. The summed E-state index contributed by atoms with van der Waals surface area (Å²) in [7, 11) is 0. The van der Waals surface area contributed by atoms with E-state index in [0.717, 1.165) is 30.7 Å². The molecule has 24 heavy (non-hydrogen) atoms. The van der Waals surface area contributed by atoms with Gasteiger partial charge in [-0.25, -0.2) is 0 Å². The van der Waals surface area contributed by atoms with Gasteiger partial charge in [-0.1, -0.05) is 29.4 Å². The largest absolute Gasteiger partial charge is 0.376 e. The maximum absolute atomic E-state index is 12.0. The van der Waals surface area contributed by atoms with Crippen molar-refractivity contribution in [2.24, 2.45) is 0 Å². The van der Waals surface area contributed by atoms with E-state index in [0.29, 0.717) is 16.7 Å². The average Bonchev–Trinajstić information content (AvgIpc) is 3.25. The third-order valence-corrected chi connectivity index (χ3v) is 5.18. The Bertz CT molecular complexity index is 716. The summed E-state index contributed by atoms with van der Waals surface area (Å²) in [5.41, 5.74) is 1.88. The van der Waals surface area contributed by atoms with Crippen LogP contribution in [0, 0.1) is 6.92 Å². The number of hydrogen-bond acceptors (Lipinski definition) is 5. The van der Waals surface area contributed by atoms with Gasteiger partial charge in [0.2, 0.25) is 5.91 Å². The molecule has 3 rings (SSSR count). The van der Waals surface area contributed by atoms with Crippen LogP contribution in [-0.4, -0.2) is 45.7 Å². The van der Waals surface area contributed by atoms with Crippen molar-refractivity contribution in [3.8, 4) is 5.69 Å². The lowest BCUT2D eigenvalue weighted by atomic mass is 10.2. The zero-order valence-corrected chi connectivity index (χ0v) is 14.9. The summed E-state index contributed by atoms with van der Waals surface area (Å²) in [6.45, 7) is 3.31. The summed E-state index contributed by atoms with van der Waals surface area (Å²) >= 11 is 7.52. The van der Waals surface area contributed by atoms with Crippen molar-refractivity contribution in [1.29, 1.82) is 0 Å². The minimum absolute atomic E-state index is 0.0352. The lowest BCUT2D eigenvalue weighted by Gasteiger charge is -2.11. The first-order valence-corrected chi connectivity index (χ1v) is 9.17. The second kappa shape index (κ2) is 8.00. The Morgan fingerprint density at radius 2 is 2.42 bits per heavy atom. The molecule has 1 unspecified atom stereocenters. The number of nitrogens with zero attached hydrogens (tertiary/aromatic N) is 3. The molecule has 1 atom stereocenters. The van der Waals surface area contributed by atoms with E-state index in [9.17, 15) is 4.79 Å². The molecule has 1 aliphatic rings. The number of halogens is 1. The number of thioether (sulfide) groups is 1. The number of aromatic nitrogens is 3. The highest BCUT2D eigenvalue weighted by atomic mass is 35.5. The fraction of sp³-hybridized carbons (Fsp3) is 0.438. The Morgan fingerprint density at radius 3 is 3.17 bits per heavy atom. The summed E-state index contributed by atoms with van der Waals surface area (Å²) in [6.07, 6.45) is 3.85. The van der Waals surface area contributed by atoms with E-state index >= 15 is 0 Å². The fourth-order valence-corrected chi connectivity index (χ4v) is 3.38. The van der Waals surface area contributed by atoms with Crippen LogP contribution in [-0.2, 0) is 9.53 Å². The summed E-state index contributed by atoms with van der Waals surface area (Å²) in [6, 6.07) is 5.76. The van der Waals surface area contributed by atoms with Crippen LogP contribution in [0.3, 0.4) is 0 Å². The quantitative estimate of drug-likeness (QED) is 0.796. The maximum Gasteiger partial charge on any atom is 0.230 e. The van der Waals surface area contributed by atoms with Gasteiger partial charge in [0.1, 0.15) is 6.33 Å². The first-order valence-electron chi connectivity index (χ1n) is 7.81. The average molecular weight is 367 g/mol. The summed E-state index contributed by atoms with van der Waals surface area (Å²) in [4.78, 5) is 12.0. The third kappa shape index (κ3) is 4.28. The molecule has 1 aromatic heterocycles. The number of carbonyl (C=O) groups excluding carboxylic acids is 1. The predicted molar refractivity (Wildman–Crippen MR) is 93.8 cm³/mol. The van der Waals surface area contributed by atoms with Crippen LogP contribution in [0.4, 0.5) is 0 Å². The van der Waals surface area contributed by atoms with Gasteiger partial charge in [-0.3, -0.25) is 9.36 Å². The molecule has 8 heteroatoms. The Labute approximate surface area is 149 Å². The highest BCUT2D eigenvalue weighted by Crippen LogP contribution is 2.23. The molecular weight excluding hydrogens is 348 g/mol. The van der Waals surface area contributed by atoms with Crippen LogP contribution in [0.2, 0.25) is 5.02 Å². The number of hydrogen-bond donors (Lipinski definition) is 1. The van der Waals surface area contributed by atoms with Crippen molar-refractivity contribution in [2.45, 2.75) is 31.0 Å². The number of ether oxygens (including phenoxy) is 1. The van der Waals surface area contributed by atoms with E-state index in [2.05, 4.69) is 15.5 Å². The maximum atomic E-state index is 12.0. The molecule has 1 aliphatic heterocycles. The Kier molecular flexibility index (Phi) is 5.76. The lowest BCUT2D eigenvalue weighted by Crippen LogP contribution is -2.32. The minimum atomic E-state index is -0.0352. The highest BCUT2D eigenvalue weighted by Gasteiger charge is 2.17. The molecule has 0 aliphatic carbocycles. The molecule has 1 amide bonds. The molecule has 1 saturated heterocycles. The van der Waals surface area contributed by atoms with Crippen LogP contribution in [0.5, 0.6) is 0 Å². The Balaban J connectivity index is 1.57. The minimum Gasteiger partial charge on any atom is -0.376 e. The topological polar surface area (TPSA) is 69.0 Å². The first-order chi connectivity index (χ1) is 11.6. The van der Waals surface area contributed by atoms with Crippen LogP contribution in [0.25, 0.3) is 5.69 Å². The molecule has 0 bridgehead atoms. The molecule has 0 radical (unpaired) electrons. The van der Waals surface area contributed by atoms with Crippen molar-refractivity contribution in [3.05, 3.63) is 35.1 Å². The SMILES string of the molecule is Cc1ccc(-n2cnnc2SCC(=O)NCC2CCCO2)cc1Cl. The van der Waals surface area contributed by atoms with Crippen LogP contribution in [0.15, 0.2) is 29.7 Å². The van der Waals surface area contributed by atoms with Gasteiger partial charge in [0.05, 0.1) is 17.5 Å². The van der Waals surface area contributed by atoms with Gasteiger partial charge in [0, 0.05) is 18.2 Å². The molecule has 2 aromatic rings. The molecule has 6 nitrogen and oxygen atoms in total.